The van der Waals surface area contributed by atoms with Crippen molar-refractivity contribution in [3.8, 4) is 22.3 Å². The Bertz CT molecular complexity index is 4280. The Morgan fingerprint density at radius 2 is 0.763 bits per heavy atom. The van der Waals surface area contributed by atoms with Gasteiger partial charge < -0.3 is 9.80 Å². The van der Waals surface area contributed by atoms with Gasteiger partial charge in [-0.3, -0.25) is 4.40 Å². The number of rotatable bonds is 8. The van der Waals surface area contributed by atoms with Crippen LogP contribution in [-0.2, 0) is 16.2 Å². The Morgan fingerprint density at radius 3 is 1.26 bits per heavy atom. The van der Waals surface area contributed by atoms with Gasteiger partial charge in [0.05, 0.1) is 11.0 Å². The highest BCUT2D eigenvalue weighted by atomic mass is 32.1. The van der Waals surface area contributed by atoms with Gasteiger partial charge in [-0.25, -0.2) is 0 Å². The second kappa shape index (κ2) is 17.7. The lowest BCUT2D eigenvalue weighted by Gasteiger charge is -2.27. The maximum Gasteiger partial charge on any atom is 0.109 e. The monoisotopic (exact) mass is 1000 g/mol. The third-order valence-corrected chi connectivity index (χ3v) is 16.9. The summed E-state index contributed by atoms with van der Waals surface area (Å²) in [6.45, 7) is 20.7. The van der Waals surface area contributed by atoms with Crippen LogP contribution in [0.25, 0.3) is 80.5 Å². The average molecular weight is 1000 g/mol. The number of hydrogen-bond acceptors (Lipinski definition) is 3. The summed E-state index contributed by atoms with van der Waals surface area (Å²) in [5.41, 5.74) is 18.2. The van der Waals surface area contributed by atoms with Gasteiger partial charge in [0.1, 0.15) is 4.83 Å². The lowest BCUT2D eigenvalue weighted by Crippen LogP contribution is -2.13. The molecule has 0 radical (unpaired) electrons. The lowest BCUT2D eigenvalue weighted by atomic mass is 9.85. The number of hydrogen-bond donors (Lipinski definition) is 0. The van der Waals surface area contributed by atoms with Gasteiger partial charge in [0.2, 0.25) is 0 Å². The summed E-state index contributed by atoms with van der Waals surface area (Å²) in [7, 11) is 0. The SMILES string of the molecule is CC(C)(C)c1ccc(N(c2ccc(-c3ccccc3)cc2)c2ccc3cc4sc5c(c4cc3c2)c2cc(C(C)(C)C)cc3c4ccc(N(c6ccc(-c7ccccc7)cc6)c6ccc(C(C)(C)C)cc6)cc4n5c32)cc1. The number of thiophene rings is 1. The van der Waals surface area contributed by atoms with Crippen LogP contribution in [0.2, 0.25) is 0 Å². The molecular formula is C72H63N3S. The second-order valence-electron chi connectivity index (χ2n) is 24.0. The molecule has 0 aliphatic carbocycles. The number of aromatic nitrogens is 1. The molecule has 0 saturated carbocycles. The Kier molecular flexibility index (Phi) is 11.1. The van der Waals surface area contributed by atoms with Crippen molar-refractivity contribution in [3.63, 3.8) is 0 Å². The summed E-state index contributed by atoms with van der Waals surface area (Å²) >= 11 is 1.92. The van der Waals surface area contributed by atoms with E-state index >= 15 is 0 Å². The van der Waals surface area contributed by atoms with Crippen LogP contribution < -0.4 is 9.80 Å². The molecule has 0 saturated heterocycles. The van der Waals surface area contributed by atoms with Gasteiger partial charge in [-0.1, -0.05) is 184 Å². The highest BCUT2D eigenvalue weighted by Gasteiger charge is 2.27. The van der Waals surface area contributed by atoms with Gasteiger partial charge in [0.25, 0.3) is 0 Å². The molecular weight excluding hydrogens is 939 g/mol. The highest BCUT2D eigenvalue weighted by molar-refractivity contribution is 7.26. The molecule has 0 atom stereocenters. The summed E-state index contributed by atoms with van der Waals surface area (Å²) < 4.78 is 3.89. The maximum atomic E-state index is 2.59. The van der Waals surface area contributed by atoms with Crippen LogP contribution in [0.4, 0.5) is 34.1 Å². The van der Waals surface area contributed by atoms with E-state index in [1.54, 1.807) is 0 Å². The minimum atomic E-state index is -0.0506. The highest BCUT2D eigenvalue weighted by Crippen LogP contribution is 2.50. The van der Waals surface area contributed by atoms with Crippen LogP contribution in [0.15, 0.2) is 218 Å². The Morgan fingerprint density at radius 1 is 0.329 bits per heavy atom. The van der Waals surface area contributed by atoms with E-state index in [1.165, 1.54) is 97.2 Å². The van der Waals surface area contributed by atoms with Crippen molar-refractivity contribution in [2.45, 2.75) is 78.6 Å². The smallest absolute Gasteiger partial charge is 0.109 e. The van der Waals surface area contributed by atoms with Gasteiger partial charge in [-0.05, 0) is 163 Å². The zero-order valence-corrected chi connectivity index (χ0v) is 45.9. The second-order valence-corrected chi connectivity index (χ2v) is 25.0. The zero-order valence-electron chi connectivity index (χ0n) is 45.0. The van der Waals surface area contributed by atoms with Crippen LogP contribution in [0, 0.1) is 0 Å². The fourth-order valence-electron chi connectivity index (χ4n) is 11.5. The van der Waals surface area contributed by atoms with Crippen molar-refractivity contribution in [2.75, 3.05) is 9.80 Å². The molecule has 0 aliphatic rings. The summed E-state index contributed by atoms with van der Waals surface area (Å²) in [5.74, 6) is 0. The molecule has 0 spiro atoms. The van der Waals surface area contributed by atoms with Crippen molar-refractivity contribution in [1.29, 1.82) is 0 Å². The Hall–Kier alpha value is -8.18. The molecule has 3 nitrogen and oxygen atoms in total. The third-order valence-electron chi connectivity index (χ3n) is 15.8. The Balaban J connectivity index is 0.992. The van der Waals surface area contributed by atoms with Crippen molar-refractivity contribution in [2.24, 2.45) is 0 Å². The van der Waals surface area contributed by atoms with E-state index in [0.717, 1.165) is 34.1 Å². The predicted molar refractivity (Wildman–Crippen MR) is 330 cm³/mol. The quantitative estimate of drug-likeness (QED) is 0.150. The first-order valence-corrected chi connectivity index (χ1v) is 27.6. The lowest BCUT2D eigenvalue weighted by molar-refractivity contribution is 0.590. The molecule has 76 heavy (non-hydrogen) atoms. The van der Waals surface area contributed by atoms with Crippen molar-refractivity contribution < 1.29 is 0 Å². The van der Waals surface area contributed by atoms with E-state index in [-0.39, 0.29) is 16.2 Å². The zero-order chi connectivity index (χ0) is 52.3. The van der Waals surface area contributed by atoms with E-state index in [1.807, 2.05) is 11.3 Å². The first-order chi connectivity index (χ1) is 36.5. The molecule has 4 heteroatoms. The molecule has 13 aromatic rings. The molecule has 0 aliphatic heterocycles. The molecule has 0 bridgehead atoms. The van der Waals surface area contributed by atoms with E-state index in [9.17, 15) is 0 Å². The number of fused-ring (bicyclic) bond motifs is 9. The fraction of sp³-hybridized carbons (Fsp3) is 0.167. The Labute approximate surface area is 451 Å². The van der Waals surface area contributed by atoms with E-state index in [2.05, 4.69) is 295 Å². The molecule has 10 aromatic carbocycles. The minimum Gasteiger partial charge on any atom is -0.310 e. The number of benzene rings is 10. The number of nitrogens with zero attached hydrogens (tertiary/aromatic N) is 3. The van der Waals surface area contributed by atoms with Crippen LogP contribution in [0.3, 0.4) is 0 Å². The third kappa shape index (κ3) is 8.18. The first kappa shape index (κ1) is 47.5. The van der Waals surface area contributed by atoms with E-state index in [4.69, 9.17) is 0 Å². The molecule has 13 rings (SSSR count). The molecule has 0 N–H and O–H groups in total. The van der Waals surface area contributed by atoms with Crippen LogP contribution >= 0.6 is 11.3 Å². The van der Waals surface area contributed by atoms with Crippen molar-refractivity contribution >= 4 is 104 Å². The summed E-state index contributed by atoms with van der Waals surface area (Å²) in [6, 6.07) is 81.8. The molecule has 3 heterocycles. The average Bonchev–Trinajstić information content (AvgIpc) is 4.27. The van der Waals surface area contributed by atoms with Gasteiger partial charge >= 0.3 is 0 Å². The summed E-state index contributed by atoms with van der Waals surface area (Å²) in [5, 5.41) is 9.00. The van der Waals surface area contributed by atoms with Gasteiger partial charge in [-0.2, -0.15) is 0 Å². The molecule has 3 aromatic heterocycles. The van der Waals surface area contributed by atoms with Crippen molar-refractivity contribution in [3.05, 3.63) is 235 Å². The van der Waals surface area contributed by atoms with Crippen molar-refractivity contribution in [1.82, 2.24) is 4.40 Å². The maximum absolute atomic E-state index is 2.59. The minimum absolute atomic E-state index is 0.0463. The van der Waals surface area contributed by atoms with E-state index in [0.29, 0.717) is 0 Å². The first-order valence-electron chi connectivity index (χ1n) is 26.8. The molecule has 0 unspecified atom stereocenters. The summed E-state index contributed by atoms with van der Waals surface area (Å²) in [4.78, 5) is 6.13. The topological polar surface area (TPSA) is 10.9 Å². The van der Waals surface area contributed by atoms with Gasteiger partial charge in [0, 0.05) is 65.8 Å². The van der Waals surface area contributed by atoms with Crippen LogP contribution in [0.1, 0.15) is 79.0 Å². The molecule has 0 fully saturated rings. The summed E-state index contributed by atoms with van der Waals surface area (Å²) in [6.07, 6.45) is 0. The molecule has 0 amide bonds. The van der Waals surface area contributed by atoms with Gasteiger partial charge in [-0.15, -0.1) is 11.3 Å². The van der Waals surface area contributed by atoms with Crippen LogP contribution in [-0.4, -0.2) is 4.40 Å². The normalized spacial score (nSPS) is 12.5. The fourth-order valence-corrected chi connectivity index (χ4v) is 12.7. The van der Waals surface area contributed by atoms with Gasteiger partial charge in [0.15, 0.2) is 0 Å². The largest absolute Gasteiger partial charge is 0.310 e. The predicted octanol–water partition coefficient (Wildman–Crippen LogP) is 21.4. The van der Waals surface area contributed by atoms with E-state index < -0.39 is 0 Å². The molecule has 372 valence electrons. The van der Waals surface area contributed by atoms with Crippen LogP contribution in [0.5, 0.6) is 0 Å². The standard InChI is InChI=1S/C72H63N3S/c1-70(2,3)52-25-34-57(35-26-52)73(55-29-20-48(21-30-55)46-16-12-10-13-17-46)59-33-24-50-42-66-63(41-51(50)40-59)67-64-44-54(72(7,8)9)43-62-61-39-38-60(45-65(61)75(68(62)64)69(67)76-66)74(58-36-27-53(28-37-58)71(4,5)6)56-31-22-49(23-32-56)47-18-14-11-15-19-47/h10-45H,1-9H3. The number of anilines is 6.